The number of ether oxygens (including phenoxy) is 2. The molecule has 25 heavy (non-hydrogen) atoms. The largest absolute Gasteiger partial charge is 0.454 e. The van der Waals surface area contributed by atoms with Crippen molar-refractivity contribution in [2.75, 3.05) is 19.9 Å². The molecule has 2 aromatic carbocycles. The van der Waals surface area contributed by atoms with E-state index in [1.165, 1.54) is 6.07 Å². The van der Waals surface area contributed by atoms with Crippen LogP contribution in [0.25, 0.3) is 0 Å². The molecule has 1 heterocycles. The van der Waals surface area contributed by atoms with E-state index in [1.807, 2.05) is 31.2 Å². The summed E-state index contributed by atoms with van der Waals surface area (Å²) >= 11 is 0. The molecule has 0 fully saturated rings. The second-order valence-corrected chi connectivity index (χ2v) is 5.65. The van der Waals surface area contributed by atoms with Crippen LogP contribution in [0.15, 0.2) is 47.5 Å². The first-order chi connectivity index (χ1) is 12.3. The van der Waals surface area contributed by atoms with E-state index in [0.29, 0.717) is 24.6 Å². The zero-order valence-corrected chi connectivity index (χ0v) is 14.2. The molecule has 0 saturated heterocycles. The molecule has 0 bridgehead atoms. The number of hydrogen-bond acceptors (Lipinski definition) is 3. The second-order valence-electron chi connectivity index (χ2n) is 5.65. The van der Waals surface area contributed by atoms with Gasteiger partial charge in [0.2, 0.25) is 6.79 Å². The van der Waals surface area contributed by atoms with E-state index in [4.69, 9.17) is 9.47 Å². The molecular weight excluding hydrogens is 321 g/mol. The minimum absolute atomic E-state index is 0.234. The molecule has 2 aromatic rings. The molecule has 0 spiro atoms. The zero-order valence-electron chi connectivity index (χ0n) is 14.2. The van der Waals surface area contributed by atoms with E-state index in [-0.39, 0.29) is 12.6 Å². The Hall–Kier alpha value is -2.76. The predicted molar refractivity (Wildman–Crippen MR) is 95.5 cm³/mol. The van der Waals surface area contributed by atoms with Crippen molar-refractivity contribution in [3.05, 3.63) is 59.4 Å². The molecule has 5 nitrogen and oxygen atoms in total. The van der Waals surface area contributed by atoms with E-state index < -0.39 is 0 Å². The predicted octanol–water partition coefficient (Wildman–Crippen LogP) is 2.85. The number of nitrogens with one attached hydrogen (secondary N) is 2. The van der Waals surface area contributed by atoms with Gasteiger partial charge in [0.1, 0.15) is 5.82 Å². The van der Waals surface area contributed by atoms with Crippen LogP contribution in [0.2, 0.25) is 0 Å². The Morgan fingerprint density at radius 3 is 2.80 bits per heavy atom. The van der Waals surface area contributed by atoms with Crippen LogP contribution in [0, 0.1) is 5.82 Å². The van der Waals surface area contributed by atoms with Gasteiger partial charge in [-0.15, -0.1) is 0 Å². The van der Waals surface area contributed by atoms with Gasteiger partial charge in [0.15, 0.2) is 17.5 Å². The third-order valence-corrected chi connectivity index (χ3v) is 3.85. The van der Waals surface area contributed by atoms with Gasteiger partial charge < -0.3 is 20.1 Å². The van der Waals surface area contributed by atoms with Crippen LogP contribution in [0.5, 0.6) is 11.5 Å². The van der Waals surface area contributed by atoms with Crippen LogP contribution in [-0.2, 0) is 13.0 Å². The Bertz CT molecular complexity index is 749. The summed E-state index contributed by atoms with van der Waals surface area (Å²) in [5.41, 5.74) is 1.73. The van der Waals surface area contributed by atoms with Crippen molar-refractivity contribution in [3.8, 4) is 11.5 Å². The molecule has 0 amide bonds. The van der Waals surface area contributed by atoms with Gasteiger partial charge in [0.25, 0.3) is 0 Å². The van der Waals surface area contributed by atoms with Crippen LogP contribution in [0.4, 0.5) is 4.39 Å². The van der Waals surface area contributed by atoms with Gasteiger partial charge in [-0.2, -0.15) is 0 Å². The molecule has 3 rings (SSSR count). The monoisotopic (exact) mass is 343 g/mol. The van der Waals surface area contributed by atoms with Gasteiger partial charge in [-0.1, -0.05) is 24.3 Å². The maximum atomic E-state index is 13.7. The SMILES string of the molecule is CCNC(=NCc1ccccc1F)NCCc1ccc2c(c1)OCO2. The molecule has 1 aliphatic rings. The Morgan fingerprint density at radius 2 is 1.96 bits per heavy atom. The van der Waals surface area contributed by atoms with Crippen molar-refractivity contribution in [1.82, 2.24) is 10.6 Å². The Labute approximate surface area is 146 Å². The number of aliphatic imine (C=N–C) groups is 1. The van der Waals surface area contributed by atoms with Crippen LogP contribution in [-0.4, -0.2) is 25.8 Å². The molecule has 1 aliphatic heterocycles. The van der Waals surface area contributed by atoms with Crippen molar-refractivity contribution < 1.29 is 13.9 Å². The number of nitrogens with zero attached hydrogens (tertiary/aromatic N) is 1. The van der Waals surface area contributed by atoms with E-state index in [9.17, 15) is 4.39 Å². The molecule has 0 aliphatic carbocycles. The highest BCUT2D eigenvalue weighted by molar-refractivity contribution is 5.79. The fourth-order valence-electron chi connectivity index (χ4n) is 2.55. The van der Waals surface area contributed by atoms with Gasteiger partial charge in [0, 0.05) is 18.7 Å². The number of fused-ring (bicyclic) bond motifs is 1. The summed E-state index contributed by atoms with van der Waals surface area (Å²) in [5.74, 6) is 2.02. The van der Waals surface area contributed by atoms with Gasteiger partial charge >= 0.3 is 0 Å². The van der Waals surface area contributed by atoms with Crippen molar-refractivity contribution in [3.63, 3.8) is 0 Å². The van der Waals surface area contributed by atoms with E-state index >= 15 is 0 Å². The highest BCUT2D eigenvalue weighted by Gasteiger charge is 2.12. The van der Waals surface area contributed by atoms with Crippen molar-refractivity contribution in [1.29, 1.82) is 0 Å². The lowest BCUT2D eigenvalue weighted by atomic mass is 10.1. The smallest absolute Gasteiger partial charge is 0.231 e. The molecule has 0 radical (unpaired) electrons. The van der Waals surface area contributed by atoms with Gasteiger partial charge in [-0.3, -0.25) is 0 Å². The average molecular weight is 343 g/mol. The molecule has 2 N–H and O–H groups in total. The summed E-state index contributed by atoms with van der Waals surface area (Å²) in [6.07, 6.45) is 0.820. The van der Waals surface area contributed by atoms with E-state index in [1.54, 1.807) is 12.1 Å². The first-order valence-corrected chi connectivity index (χ1v) is 8.40. The third kappa shape index (κ3) is 4.62. The minimum Gasteiger partial charge on any atom is -0.454 e. The lowest BCUT2D eigenvalue weighted by Gasteiger charge is -2.11. The zero-order chi connectivity index (χ0) is 17.5. The topological polar surface area (TPSA) is 54.9 Å². The molecule has 0 unspecified atom stereocenters. The molecule has 0 atom stereocenters. The maximum Gasteiger partial charge on any atom is 0.231 e. The summed E-state index contributed by atoms with van der Waals surface area (Å²) in [6, 6.07) is 12.6. The van der Waals surface area contributed by atoms with Gasteiger partial charge in [-0.25, -0.2) is 9.38 Å². The Kier molecular flexibility index (Phi) is 5.72. The molecule has 6 heteroatoms. The number of hydrogen-bond donors (Lipinski definition) is 2. The van der Waals surface area contributed by atoms with Gasteiger partial charge in [0.05, 0.1) is 6.54 Å². The number of benzene rings is 2. The summed E-state index contributed by atoms with van der Waals surface area (Å²) in [6.45, 7) is 4.03. The van der Waals surface area contributed by atoms with Crippen LogP contribution in [0.3, 0.4) is 0 Å². The third-order valence-electron chi connectivity index (χ3n) is 3.85. The average Bonchev–Trinajstić information content (AvgIpc) is 3.08. The first kappa shape index (κ1) is 17.1. The summed E-state index contributed by atoms with van der Waals surface area (Å²) in [4.78, 5) is 4.44. The van der Waals surface area contributed by atoms with Crippen LogP contribution in [0.1, 0.15) is 18.1 Å². The standard InChI is InChI=1S/C19H22FN3O2/c1-2-21-19(23-12-15-5-3-4-6-16(15)20)22-10-9-14-7-8-17-18(11-14)25-13-24-17/h3-8,11H,2,9-10,12-13H2,1H3,(H2,21,22,23). The highest BCUT2D eigenvalue weighted by Crippen LogP contribution is 2.32. The Morgan fingerprint density at radius 1 is 1.12 bits per heavy atom. The van der Waals surface area contributed by atoms with Gasteiger partial charge in [-0.05, 0) is 37.1 Å². The molecule has 0 saturated carbocycles. The van der Waals surface area contributed by atoms with Crippen molar-refractivity contribution in [2.24, 2.45) is 4.99 Å². The lowest BCUT2D eigenvalue weighted by Crippen LogP contribution is -2.38. The second kappa shape index (κ2) is 8.37. The summed E-state index contributed by atoms with van der Waals surface area (Å²) < 4.78 is 24.4. The highest BCUT2D eigenvalue weighted by atomic mass is 19.1. The van der Waals surface area contributed by atoms with E-state index in [0.717, 1.165) is 30.0 Å². The molecular formula is C19H22FN3O2. The molecule has 0 aromatic heterocycles. The fraction of sp³-hybridized carbons (Fsp3) is 0.316. The quantitative estimate of drug-likeness (QED) is 0.626. The normalized spacial score (nSPS) is 13.0. The first-order valence-electron chi connectivity index (χ1n) is 8.40. The van der Waals surface area contributed by atoms with E-state index in [2.05, 4.69) is 15.6 Å². The van der Waals surface area contributed by atoms with Crippen LogP contribution < -0.4 is 20.1 Å². The van der Waals surface area contributed by atoms with Crippen LogP contribution >= 0.6 is 0 Å². The molecule has 132 valence electrons. The van der Waals surface area contributed by atoms with Crippen molar-refractivity contribution in [2.45, 2.75) is 19.9 Å². The summed E-state index contributed by atoms with van der Waals surface area (Å²) in [5, 5.41) is 6.44. The number of halogens is 1. The summed E-state index contributed by atoms with van der Waals surface area (Å²) in [7, 11) is 0. The Balaban J connectivity index is 1.55. The number of guanidine groups is 1. The lowest BCUT2D eigenvalue weighted by molar-refractivity contribution is 0.174. The fourth-order valence-corrected chi connectivity index (χ4v) is 2.55. The van der Waals surface area contributed by atoms with Crippen molar-refractivity contribution >= 4 is 5.96 Å². The maximum absolute atomic E-state index is 13.7. The minimum atomic E-state index is -0.234. The number of rotatable bonds is 6.